The van der Waals surface area contributed by atoms with Crippen molar-refractivity contribution in [2.24, 2.45) is 10.9 Å². The number of allylic oxidation sites excluding steroid dienone is 1. The molecule has 0 fully saturated rings. The molecule has 106 valence electrons. The molecule has 0 saturated carbocycles. The number of dihydropyridines is 1. The van der Waals surface area contributed by atoms with Gasteiger partial charge in [-0.1, -0.05) is 11.2 Å². The lowest BCUT2D eigenvalue weighted by Gasteiger charge is -2.09. The number of aliphatic imine (C=N–C) groups is 1. The van der Waals surface area contributed by atoms with Crippen LogP contribution in [0.1, 0.15) is 5.69 Å². The van der Waals surface area contributed by atoms with E-state index >= 15 is 0 Å². The summed E-state index contributed by atoms with van der Waals surface area (Å²) in [5.41, 5.74) is 0.422. The molecule has 0 radical (unpaired) electrons. The first-order valence-electron chi connectivity index (χ1n) is 6.15. The molecule has 1 aliphatic heterocycles. The van der Waals surface area contributed by atoms with E-state index < -0.39 is 17.8 Å². The van der Waals surface area contributed by atoms with Crippen LogP contribution in [0.5, 0.6) is 0 Å². The molecule has 1 amide bonds. The van der Waals surface area contributed by atoms with E-state index in [1.807, 2.05) is 0 Å². The third kappa shape index (κ3) is 2.81. The summed E-state index contributed by atoms with van der Waals surface area (Å²) in [6, 6.07) is 5.04. The van der Waals surface area contributed by atoms with Gasteiger partial charge < -0.3 is 13.7 Å². The summed E-state index contributed by atoms with van der Waals surface area (Å²) in [5, 5.41) is 3.76. The van der Waals surface area contributed by atoms with Crippen molar-refractivity contribution >= 4 is 18.1 Å². The molecule has 2 aromatic heterocycles. The van der Waals surface area contributed by atoms with Crippen LogP contribution in [0.4, 0.5) is 0 Å². The van der Waals surface area contributed by atoms with Crippen molar-refractivity contribution in [1.29, 1.82) is 0 Å². The van der Waals surface area contributed by atoms with Crippen molar-refractivity contribution in [3.63, 3.8) is 0 Å². The van der Waals surface area contributed by atoms with Gasteiger partial charge >= 0.3 is 5.97 Å². The lowest BCUT2D eigenvalue weighted by Crippen LogP contribution is -2.24. The van der Waals surface area contributed by atoms with Crippen molar-refractivity contribution in [2.45, 2.75) is 6.61 Å². The number of esters is 1. The Balaban J connectivity index is 1.60. The normalized spacial score (nSPS) is 17.1. The number of amides is 1. The van der Waals surface area contributed by atoms with E-state index in [0.29, 0.717) is 17.2 Å². The van der Waals surface area contributed by atoms with E-state index in [2.05, 4.69) is 10.1 Å². The van der Waals surface area contributed by atoms with E-state index in [4.69, 9.17) is 13.7 Å². The predicted octanol–water partition coefficient (Wildman–Crippen LogP) is 1.76. The summed E-state index contributed by atoms with van der Waals surface area (Å²) in [6.45, 7) is -0.0929. The molecule has 7 heteroatoms. The van der Waals surface area contributed by atoms with Gasteiger partial charge in [-0.2, -0.15) is 0 Å². The predicted molar refractivity (Wildman–Crippen MR) is 70.1 cm³/mol. The molecule has 7 nitrogen and oxygen atoms in total. The quantitative estimate of drug-likeness (QED) is 0.627. The number of hydrogen-bond acceptors (Lipinski definition) is 6. The van der Waals surface area contributed by atoms with Crippen LogP contribution >= 0.6 is 0 Å². The number of aromatic nitrogens is 1. The highest BCUT2D eigenvalue weighted by molar-refractivity contribution is 6.05. The van der Waals surface area contributed by atoms with Gasteiger partial charge in [-0.3, -0.25) is 9.59 Å². The minimum atomic E-state index is -0.994. The molecule has 3 rings (SSSR count). The van der Waals surface area contributed by atoms with Crippen molar-refractivity contribution in [3.8, 4) is 11.5 Å². The number of carbonyl (C=O) groups excluding carboxylic acids is 2. The molecule has 1 unspecified atom stereocenters. The second kappa shape index (κ2) is 5.58. The minimum absolute atomic E-state index is 0.0929. The standard InChI is InChI=1S/C14H10N2O5/c17-13-10(3-1-5-15-13)14(18)20-8-9-7-12(21-16-9)11-4-2-6-19-11/h1-7,10H,8H2. The highest BCUT2D eigenvalue weighted by Gasteiger charge is 2.26. The number of nitrogens with zero attached hydrogens (tertiary/aromatic N) is 2. The first kappa shape index (κ1) is 13.0. The van der Waals surface area contributed by atoms with E-state index in [-0.39, 0.29) is 6.61 Å². The molecule has 3 heterocycles. The van der Waals surface area contributed by atoms with Gasteiger partial charge in [0.15, 0.2) is 11.7 Å². The molecule has 0 aromatic carbocycles. The molecular weight excluding hydrogens is 276 g/mol. The Hall–Kier alpha value is -2.96. The molecule has 1 atom stereocenters. The largest absolute Gasteiger partial charge is 0.461 e. The molecular formula is C14H10N2O5. The number of rotatable bonds is 4. The van der Waals surface area contributed by atoms with Gasteiger partial charge in [-0.05, 0) is 18.2 Å². The van der Waals surface area contributed by atoms with Crippen LogP contribution in [0.25, 0.3) is 11.5 Å². The van der Waals surface area contributed by atoms with Crippen molar-refractivity contribution in [1.82, 2.24) is 5.16 Å². The van der Waals surface area contributed by atoms with E-state index in [0.717, 1.165) is 0 Å². The molecule has 21 heavy (non-hydrogen) atoms. The summed E-state index contributed by atoms with van der Waals surface area (Å²) in [6.07, 6.45) is 5.81. The first-order valence-corrected chi connectivity index (χ1v) is 6.15. The molecule has 1 aliphatic rings. The van der Waals surface area contributed by atoms with Crippen LogP contribution in [-0.4, -0.2) is 23.2 Å². The van der Waals surface area contributed by atoms with E-state index in [1.165, 1.54) is 24.6 Å². The Morgan fingerprint density at radius 3 is 3.05 bits per heavy atom. The van der Waals surface area contributed by atoms with Crippen LogP contribution in [-0.2, 0) is 20.9 Å². The molecule has 0 spiro atoms. The van der Waals surface area contributed by atoms with Gasteiger partial charge in [-0.15, -0.1) is 0 Å². The Kier molecular flexibility index (Phi) is 3.46. The van der Waals surface area contributed by atoms with Crippen molar-refractivity contribution in [3.05, 3.63) is 42.3 Å². The van der Waals surface area contributed by atoms with E-state index in [1.54, 1.807) is 18.2 Å². The van der Waals surface area contributed by atoms with Crippen LogP contribution in [0, 0.1) is 5.92 Å². The van der Waals surface area contributed by atoms with Crippen molar-refractivity contribution < 1.29 is 23.3 Å². The fourth-order valence-corrected chi connectivity index (χ4v) is 1.77. The Morgan fingerprint density at radius 2 is 2.29 bits per heavy atom. The van der Waals surface area contributed by atoms with Gasteiger partial charge in [0.05, 0.1) is 6.26 Å². The number of furan rings is 1. The van der Waals surface area contributed by atoms with Crippen LogP contribution in [0.15, 0.2) is 50.5 Å². The monoisotopic (exact) mass is 286 g/mol. The zero-order valence-electron chi connectivity index (χ0n) is 10.8. The SMILES string of the molecule is O=C1N=CC=CC1C(=O)OCc1cc(-c2ccco2)on1. The van der Waals surface area contributed by atoms with Crippen molar-refractivity contribution in [2.75, 3.05) is 0 Å². The fraction of sp³-hybridized carbons (Fsp3) is 0.143. The second-order valence-corrected chi connectivity index (χ2v) is 4.25. The topological polar surface area (TPSA) is 94.9 Å². The van der Waals surface area contributed by atoms with Gasteiger partial charge in [0.25, 0.3) is 5.91 Å². The average molecular weight is 286 g/mol. The van der Waals surface area contributed by atoms with Gasteiger partial charge in [0.1, 0.15) is 12.3 Å². The third-order valence-electron chi connectivity index (χ3n) is 2.80. The van der Waals surface area contributed by atoms with E-state index in [9.17, 15) is 9.59 Å². The Bertz CT molecular complexity index is 712. The maximum atomic E-state index is 11.8. The van der Waals surface area contributed by atoms with Gasteiger partial charge in [-0.25, -0.2) is 4.99 Å². The maximum Gasteiger partial charge on any atom is 0.322 e. The third-order valence-corrected chi connectivity index (χ3v) is 2.80. The average Bonchev–Trinajstić information content (AvgIpc) is 3.16. The highest BCUT2D eigenvalue weighted by Crippen LogP contribution is 2.21. The molecule has 0 saturated heterocycles. The molecule has 0 bridgehead atoms. The second-order valence-electron chi connectivity index (χ2n) is 4.25. The maximum absolute atomic E-state index is 11.8. The summed E-state index contributed by atoms with van der Waals surface area (Å²) in [5.74, 6) is -1.25. The van der Waals surface area contributed by atoms with Gasteiger partial charge in [0, 0.05) is 12.3 Å². The lowest BCUT2D eigenvalue weighted by atomic mass is 10.1. The van der Waals surface area contributed by atoms with Crippen LogP contribution in [0.2, 0.25) is 0 Å². The zero-order chi connectivity index (χ0) is 14.7. The summed E-state index contributed by atoms with van der Waals surface area (Å²) < 4.78 is 15.3. The highest BCUT2D eigenvalue weighted by atomic mass is 16.5. The number of ether oxygens (including phenoxy) is 1. The zero-order valence-corrected chi connectivity index (χ0v) is 10.8. The Labute approximate surface area is 118 Å². The Morgan fingerprint density at radius 1 is 1.38 bits per heavy atom. The first-order chi connectivity index (χ1) is 10.2. The molecule has 0 aliphatic carbocycles. The summed E-state index contributed by atoms with van der Waals surface area (Å²) in [7, 11) is 0. The molecule has 2 aromatic rings. The summed E-state index contributed by atoms with van der Waals surface area (Å²) >= 11 is 0. The summed E-state index contributed by atoms with van der Waals surface area (Å²) in [4.78, 5) is 26.7. The fourth-order valence-electron chi connectivity index (χ4n) is 1.77. The van der Waals surface area contributed by atoms with Gasteiger partial charge in [0.2, 0.25) is 5.76 Å². The molecule has 0 N–H and O–H groups in total. The number of carbonyl (C=O) groups is 2. The lowest BCUT2D eigenvalue weighted by molar-refractivity contribution is -0.151. The minimum Gasteiger partial charge on any atom is -0.461 e. The van der Waals surface area contributed by atoms with Crippen LogP contribution < -0.4 is 0 Å². The van der Waals surface area contributed by atoms with Crippen LogP contribution in [0.3, 0.4) is 0 Å². The smallest absolute Gasteiger partial charge is 0.322 e. The number of hydrogen-bond donors (Lipinski definition) is 0.